The minimum Gasteiger partial charge on any atom is -0.494 e. The van der Waals surface area contributed by atoms with E-state index < -0.39 is 0 Å². The summed E-state index contributed by atoms with van der Waals surface area (Å²) in [6.45, 7) is 2.61. The Morgan fingerprint density at radius 3 is 2.75 bits per heavy atom. The van der Waals surface area contributed by atoms with Gasteiger partial charge in [-0.15, -0.1) is 11.8 Å². The van der Waals surface area contributed by atoms with Crippen LogP contribution in [0.5, 0.6) is 5.75 Å². The molecule has 6 heteroatoms. The fourth-order valence-corrected chi connectivity index (χ4v) is 4.97. The van der Waals surface area contributed by atoms with Crippen LogP contribution in [0.2, 0.25) is 0 Å². The SMILES string of the molecule is CCOc1ccc([C@H]2SCC(=O)N2c2nc3ccccc3s2)cc1. The van der Waals surface area contributed by atoms with Gasteiger partial charge in [0.1, 0.15) is 11.1 Å². The van der Waals surface area contributed by atoms with Crippen molar-refractivity contribution >= 4 is 44.4 Å². The van der Waals surface area contributed by atoms with E-state index in [1.807, 2.05) is 60.4 Å². The van der Waals surface area contributed by atoms with Crippen molar-refractivity contribution < 1.29 is 9.53 Å². The summed E-state index contributed by atoms with van der Waals surface area (Å²) in [5.41, 5.74) is 2.03. The zero-order valence-electron chi connectivity index (χ0n) is 13.1. The van der Waals surface area contributed by atoms with E-state index in [9.17, 15) is 4.79 Å². The number of amides is 1. The standard InChI is InChI=1S/C18H16N2O2S2/c1-2-22-13-9-7-12(8-10-13)17-20(16(21)11-23-17)18-19-14-5-3-4-6-15(14)24-18/h3-10,17H,2,11H2,1H3/t17-/m1/s1. The second kappa shape index (κ2) is 6.45. The molecule has 4 rings (SSSR count). The molecular formula is C18H16N2O2S2. The number of benzene rings is 2. The second-order valence-electron chi connectivity index (χ2n) is 5.39. The molecule has 0 spiro atoms. The number of thiazole rings is 1. The highest BCUT2D eigenvalue weighted by atomic mass is 32.2. The van der Waals surface area contributed by atoms with Gasteiger partial charge in [0.25, 0.3) is 0 Å². The molecular weight excluding hydrogens is 340 g/mol. The van der Waals surface area contributed by atoms with Crippen LogP contribution in [0.15, 0.2) is 48.5 Å². The number of ether oxygens (including phenoxy) is 1. The Morgan fingerprint density at radius 1 is 1.21 bits per heavy atom. The van der Waals surface area contributed by atoms with Crippen LogP contribution in [-0.4, -0.2) is 23.3 Å². The van der Waals surface area contributed by atoms with Crippen molar-refractivity contribution in [3.05, 3.63) is 54.1 Å². The predicted molar refractivity (Wildman–Crippen MR) is 99.9 cm³/mol. The van der Waals surface area contributed by atoms with Crippen LogP contribution in [-0.2, 0) is 4.79 Å². The zero-order chi connectivity index (χ0) is 16.5. The first kappa shape index (κ1) is 15.5. The molecule has 1 aliphatic heterocycles. The summed E-state index contributed by atoms with van der Waals surface area (Å²) in [5.74, 6) is 1.44. The topological polar surface area (TPSA) is 42.4 Å². The fraction of sp³-hybridized carbons (Fsp3) is 0.222. The predicted octanol–water partition coefficient (Wildman–Crippen LogP) is 4.47. The van der Waals surface area contributed by atoms with Gasteiger partial charge < -0.3 is 4.74 Å². The molecule has 2 heterocycles. The molecule has 0 aliphatic carbocycles. The van der Waals surface area contributed by atoms with Gasteiger partial charge in [-0.3, -0.25) is 9.69 Å². The normalized spacial score (nSPS) is 17.6. The van der Waals surface area contributed by atoms with Gasteiger partial charge in [-0.2, -0.15) is 0 Å². The average molecular weight is 356 g/mol. The molecule has 24 heavy (non-hydrogen) atoms. The van der Waals surface area contributed by atoms with Gasteiger partial charge in [0.2, 0.25) is 5.91 Å². The third kappa shape index (κ3) is 2.76. The molecule has 0 bridgehead atoms. The highest BCUT2D eigenvalue weighted by molar-refractivity contribution is 8.00. The Kier molecular flexibility index (Phi) is 4.16. The third-order valence-corrected chi connectivity index (χ3v) is 6.08. The Bertz CT molecular complexity index is 843. The fourth-order valence-electron chi connectivity index (χ4n) is 2.74. The van der Waals surface area contributed by atoms with E-state index in [1.165, 1.54) is 0 Å². The zero-order valence-corrected chi connectivity index (χ0v) is 14.8. The number of nitrogens with zero attached hydrogens (tertiary/aromatic N) is 2. The summed E-state index contributed by atoms with van der Waals surface area (Å²) in [5, 5.41) is 0.735. The molecule has 1 aromatic heterocycles. The van der Waals surface area contributed by atoms with Gasteiger partial charge in [-0.1, -0.05) is 35.6 Å². The van der Waals surface area contributed by atoms with Crippen LogP contribution < -0.4 is 9.64 Å². The average Bonchev–Trinajstić information content (AvgIpc) is 3.18. The quantitative estimate of drug-likeness (QED) is 0.691. The van der Waals surface area contributed by atoms with Gasteiger partial charge in [0.05, 0.1) is 22.6 Å². The third-order valence-electron chi connectivity index (χ3n) is 3.83. The molecule has 1 aliphatic rings. The van der Waals surface area contributed by atoms with Crippen LogP contribution in [0, 0.1) is 0 Å². The van der Waals surface area contributed by atoms with E-state index in [-0.39, 0.29) is 11.3 Å². The monoisotopic (exact) mass is 356 g/mol. The van der Waals surface area contributed by atoms with Gasteiger partial charge in [0.15, 0.2) is 5.13 Å². The first-order chi connectivity index (χ1) is 11.8. The summed E-state index contributed by atoms with van der Waals surface area (Å²) in [6.07, 6.45) is 0. The lowest BCUT2D eigenvalue weighted by Gasteiger charge is -2.21. The Hall–Kier alpha value is -2.05. The minimum atomic E-state index is -0.0336. The number of carbonyl (C=O) groups is 1. The van der Waals surface area contributed by atoms with E-state index in [2.05, 4.69) is 4.98 Å². The number of anilines is 1. The Morgan fingerprint density at radius 2 is 2.00 bits per heavy atom. The van der Waals surface area contributed by atoms with Crippen LogP contribution in [0.4, 0.5) is 5.13 Å². The summed E-state index contributed by atoms with van der Waals surface area (Å²) in [6, 6.07) is 16.0. The first-order valence-electron chi connectivity index (χ1n) is 7.78. The lowest BCUT2D eigenvalue weighted by molar-refractivity contribution is -0.115. The largest absolute Gasteiger partial charge is 0.494 e. The molecule has 1 fully saturated rings. The Labute approximate surface area is 148 Å². The van der Waals surface area contributed by atoms with Crippen molar-refractivity contribution in [2.24, 2.45) is 0 Å². The van der Waals surface area contributed by atoms with E-state index >= 15 is 0 Å². The molecule has 1 saturated heterocycles. The maximum Gasteiger partial charge on any atom is 0.240 e. The van der Waals surface area contributed by atoms with Crippen molar-refractivity contribution in [1.82, 2.24) is 4.98 Å². The van der Waals surface area contributed by atoms with Crippen LogP contribution >= 0.6 is 23.1 Å². The molecule has 1 amide bonds. The lowest BCUT2D eigenvalue weighted by atomic mass is 10.2. The molecule has 122 valence electrons. The number of hydrogen-bond acceptors (Lipinski definition) is 5. The summed E-state index contributed by atoms with van der Waals surface area (Å²) in [4.78, 5) is 18.9. The van der Waals surface area contributed by atoms with Crippen LogP contribution in [0.1, 0.15) is 17.9 Å². The van der Waals surface area contributed by atoms with Crippen molar-refractivity contribution in [2.45, 2.75) is 12.3 Å². The summed E-state index contributed by atoms with van der Waals surface area (Å²) in [7, 11) is 0. The molecule has 0 unspecified atom stereocenters. The maximum atomic E-state index is 12.5. The number of aromatic nitrogens is 1. The van der Waals surface area contributed by atoms with E-state index in [0.29, 0.717) is 12.4 Å². The molecule has 4 nitrogen and oxygen atoms in total. The molecule has 0 radical (unpaired) electrons. The second-order valence-corrected chi connectivity index (χ2v) is 7.47. The molecule has 2 aromatic carbocycles. The van der Waals surface area contributed by atoms with Gasteiger partial charge >= 0.3 is 0 Å². The number of fused-ring (bicyclic) bond motifs is 1. The summed E-state index contributed by atoms with van der Waals surface area (Å²) >= 11 is 3.20. The highest BCUT2D eigenvalue weighted by Crippen LogP contribution is 2.44. The lowest BCUT2D eigenvalue weighted by Crippen LogP contribution is -2.27. The number of hydrogen-bond donors (Lipinski definition) is 0. The van der Waals surface area contributed by atoms with E-state index in [1.54, 1.807) is 23.1 Å². The first-order valence-corrected chi connectivity index (χ1v) is 9.65. The van der Waals surface area contributed by atoms with Gasteiger partial charge in [-0.05, 0) is 36.8 Å². The molecule has 1 atom stereocenters. The van der Waals surface area contributed by atoms with E-state index in [0.717, 1.165) is 26.7 Å². The minimum absolute atomic E-state index is 0.0336. The van der Waals surface area contributed by atoms with E-state index in [4.69, 9.17) is 4.74 Å². The highest BCUT2D eigenvalue weighted by Gasteiger charge is 2.35. The van der Waals surface area contributed by atoms with Gasteiger partial charge in [0, 0.05) is 0 Å². The molecule has 0 N–H and O–H groups in total. The van der Waals surface area contributed by atoms with Crippen molar-refractivity contribution in [2.75, 3.05) is 17.3 Å². The number of rotatable bonds is 4. The van der Waals surface area contributed by atoms with Crippen molar-refractivity contribution in [1.29, 1.82) is 0 Å². The maximum absolute atomic E-state index is 12.5. The molecule has 0 saturated carbocycles. The number of thioether (sulfide) groups is 1. The molecule has 3 aromatic rings. The Balaban J connectivity index is 1.68. The number of carbonyl (C=O) groups excluding carboxylic acids is 1. The van der Waals surface area contributed by atoms with Crippen LogP contribution in [0.3, 0.4) is 0 Å². The smallest absolute Gasteiger partial charge is 0.240 e. The van der Waals surface area contributed by atoms with Crippen molar-refractivity contribution in [3.8, 4) is 5.75 Å². The van der Waals surface area contributed by atoms with Crippen LogP contribution in [0.25, 0.3) is 10.2 Å². The summed E-state index contributed by atoms with van der Waals surface area (Å²) < 4.78 is 6.60. The number of para-hydroxylation sites is 1. The van der Waals surface area contributed by atoms with Gasteiger partial charge in [-0.25, -0.2) is 4.98 Å². The van der Waals surface area contributed by atoms with Crippen molar-refractivity contribution in [3.63, 3.8) is 0 Å².